The third-order valence-electron chi connectivity index (χ3n) is 3.00. The summed E-state index contributed by atoms with van der Waals surface area (Å²) in [5, 5.41) is 1.11. The van der Waals surface area contributed by atoms with Crippen LogP contribution in [-0.2, 0) is 0 Å². The van der Waals surface area contributed by atoms with E-state index in [2.05, 4.69) is 18.8 Å². The number of benzene rings is 1. The van der Waals surface area contributed by atoms with E-state index in [1.54, 1.807) is 7.11 Å². The summed E-state index contributed by atoms with van der Waals surface area (Å²) in [4.78, 5) is 4.37. The number of hydrogen-bond acceptors (Lipinski definition) is 3. The van der Waals surface area contributed by atoms with Gasteiger partial charge in [-0.25, -0.2) is 0 Å². The fourth-order valence-corrected chi connectivity index (χ4v) is 1.89. The van der Waals surface area contributed by atoms with Gasteiger partial charge < -0.3 is 9.47 Å². The molecule has 2 aromatic rings. The minimum atomic E-state index is 0.712. The van der Waals surface area contributed by atoms with Crippen molar-refractivity contribution in [3.05, 3.63) is 30.0 Å². The van der Waals surface area contributed by atoms with Crippen molar-refractivity contribution in [3.63, 3.8) is 0 Å². The third kappa shape index (κ3) is 2.55. The molecule has 0 N–H and O–H groups in total. The Morgan fingerprint density at radius 3 is 2.78 bits per heavy atom. The van der Waals surface area contributed by atoms with Gasteiger partial charge in [-0.3, -0.25) is 4.98 Å². The van der Waals surface area contributed by atoms with Gasteiger partial charge in [-0.05, 0) is 31.0 Å². The first kappa shape index (κ1) is 12.7. The van der Waals surface area contributed by atoms with E-state index in [9.17, 15) is 0 Å². The summed E-state index contributed by atoms with van der Waals surface area (Å²) in [5.41, 5.74) is 2.14. The van der Waals surface area contributed by atoms with Gasteiger partial charge in [-0.2, -0.15) is 0 Å². The number of aromatic nitrogens is 1. The van der Waals surface area contributed by atoms with Crippen LogP contribution in [0.4, 0.5) is 0 Å². The van der Waals surface area contributed by atoms with Gasteiger partial charge in [0.15, 0.2) is 11.5 Å². The van der Waals surface area contributed by atoms with Crippen LogP contribution in [-0.4, -0.2) is 18.7 Å². The predicted molar refractivity (Wildman–Crippen MR) is 73.4 cm³/mol. The number of unbranched alkanes of at least 4 members (excludes halogenated alkanes) is 1. The van der Waals surface area contributed by atoms with Gasteiger partial charge in [0, 0.05) is 17.6 Å². The number of rotatable bonds is 5. The molecule has 3 heteroatoms. The lowest BCUT2D eigenvalue weighted by Crippen LogP contribution is -1.99. The van der Waals surface area contributed by atoms with Crippen molar-refractivity contribution in [1.29, 1.82) is 0 Å². The maximum atomic E-state index is 5.75. The molecule has 96 valence electrons. The molecule has 0 saturated heterocycles. The zero-order valence-electron chi connectivity index (χ0n) is 11.2. The lowest BCUT2D eigenvalue weighted by molar-refractivity contribution is 0.289. The maximum absolute atomic E-state index is 5.75. The van der Waals surface area contributed by atoms with Crippen molar-refractivity contribution in [2.75, 3.05) is 13.7 Å². The minimum Gasteiger partial charge on any atom is -0.493 e. The van der Waals surface area contributed by atoms with Crippen LogP contribution in [0.1, 0.15) is 25.3 Å². The number of fused-ring (bicyclic) bond motifs is 1. The highest BCUT2D eigenvalue weighted by atomic mass is 16.5. The molecule has 3 nitrogen and oxygen atoms in total. The second-order valence-corrected chi connectivity index (χ2v) is 4.35. The smallest absolute Gasteiger partial charge is 0.163 e. The first-order chi connectivity index (χ1) is 8.76. The normalized spacial score (nSPS) is 10.6. The third-order valence-corrected chi connectivity index (χ3v) is 3.00. The maximum Gasteiger partial charge on any atom is 0.163 e. The van der Waals surface area contributed by atoms with Gasteiger partial charge in [-0.15, -0.1) is 0 Å². The Bertz CT molecular complexity index is 537. The van der Waals surface area contributed by atoms with Crippen LogP contribution < -0.4 is 9.47 Å². The van der Waals surface area contributed by atoms with Gasteiger partial charge in [0.25, 0.3) is 0 Å². The molecule has 0 saturated carbocycles. The molecule has 18 heavy (non-hydrogen) atoms. The van der Waals surface area contributed by atoms with Gasteiger partial charge in [0.1, 0.15) is 0 Å². The van der Waals surface area contributed by atoms with E-state index in [0.29, 0.717) is 6.61 Å². The monoisotopic (exact) mass is 245 g/mol. The van der Waals surface area contributed by atoms with Crippen molar-refractivity contribution in [1.82, 2.24) is 4.98 Å². The summed E-state index contributed by atoms with van der Waals surface area (Å²) in [5.74, 6) is 1.55. The van der Waals surface area contributed by atoms with E-state index in [0.717, 1.165) is 35.2 Å². The lowest BCUT2D eigenvalue weighted by Gasteiger charge is -2.12. The Balaban J connectivity index is 2.39. The van der Waals surface area contributed by atoms with Gasteiger partial charge in [0.2, 0.25) is 0 Å². The zero-order valence-corrected chi connectivity index (χ0v) is 11.2. The number of nitrogens with zero attached hydrogens (tertiary/aromatic N) is 1. The Morgan fingerprint density at radius 2 is 2.06 bits per heavy atom. The molecule has 0 aliphatic carbocycles. The van der Waals surface area contributed by atoms with Gasteiger partial charge >= 0.3 is 0 Å². The first-order valence-corrected chi connectivity index (χ1v) is 6.32. The molecule has 0 atom stereocenters. The van der Waals surface area contributed by atoms with Crippen molar-refractivity contribution in [2.24, 2.45) is 0 Å². The van der Waals surface area contributed by atoms with E-state index in [1.807, 2.05) is 24.4 Å². The molecule has 1 aromatic heterocycles. The quantitative estimate of drug-likeness (QED) is 0.752. The van der Waals surface area contributed by atoms with Crippen molar-refractivity contribution >= 4 is 10.9 Å². The molecule has 0 bridgehead atoms. The van der Waals surface area contributed by atoms with Crippen LogP contribution in [0.2, 0.25) is 0 Å². The molecule has 0 aliphatic rings. The summed E-state index contributed by atoms with van der Waals surface area (Å²) in [6, 6.07) is 5.95. The molecule has 1 heterocycles. The molecular weight excluding hydrogens is 226 g/mol. The summed E-state index contributed by atoms with van der Waals surface area (Å²) in [6.07, 6.45) is 3.98. The Morgan fingerprint density at radius 1 is 1.22 bits per heavy atom. The predicted octanol–water partition coefficient (Wildman–Crippen LogP) is 3.73. The Kier molecular flexibility index (Phi) is 4.03. The number of hydrogen-bond donors (Lipinski definition) is 0. The second-order valence-electron chi connectivity index (χ2n) is 4.35. The fourth-order valence-electron chi connectivity index (χ4n) is 1.89. The topological polar surface area (TPSA) is 31.4 Å². The van der Waals surface area contributed by atoms with E-state index < -0.39 is 0 Å². The number of aryl methyl sites for hydroxylation is 1. The zero-order chi connectivity index (χ0) is 13.0. The summed E-state index contributed by atoms with van der Waals surface area (Å²) in [7, 11) is 1.67. The molecule has 0 aliphatic heterocycles. The highest BCUT2D eigenvalue weighted by Gasteiger charge is 2.08. The largest absolute Gasteiger partial charge is 0.493 e. The molecule has 2 rings (SSSR count). The highest BCUT2D eigenvalue weighted by Crippen LogP contribution is 2.32. The average molecular weight is 245 g/mol. The standard InChI is InChI=1S/C15H19NO2/c1-4-5-8-18-15-10-13-12(9-14(15)17-3)11(2)6-7-16-13/h6-7,9-10H,4-5,8H2,1-3H3. The molecule has 0 unspecified atom stereocenters. The number of pyridine rings is 1. The van der Waals surface area contributed by atoms with Gasteiger partial charge in [-0.1, -0.05) is 13.3 Å². The molecule has 0 radical (unpaired) electrons. The van der Waals surface area contributed by atoms with Crippen molar-refractivity contribution in [3.8, 4) is 11.5 Å². The summed E-state index contributed by atoms with van der Waals surface area (Å²) >= 11 is 0. The van der Waals surface area contributed by atoms with Crippen LogP contribution in [0.15, 0.2) is 24.4 Å². The number of methoxy groups -OCH3 is 1. The second kappa shape index (κ2) is 5.71. The van der Waals surface area contributed by atoms with E-state index in [1.165, 1.54) is 5.56 Å². The first-order valence-electron chi connectivity index (χ1n) is 6.32. The Labute approximate surface area is 108 Å². The number of ether oxygens (including phenoxy) is 2. The van der Waals surface area contributed by atoms with Crippen LogP contribution >= 0.6 is 0 Å². The van der Waals surface area contributed by atoms with Crippen molar-refractivity contribution in [2.45, 2.75) is 26.7 Å². The molecule has 1 aromatic carbocycles. The molecule has 0 fully saturated rings. The lowest BCUT2D eigenvalue weighted by atomic mass is 10.1. The van der Waals surface area contributed by atoms with E-state index in [-0.39, 0.29) is 0 Å². The highest BCUT2D eigenvalue weighted by molar-refractivity contribution is 5.85. The van der Waals surface area contributed by atoms with E-state index in [4.69, 9.17) is 9.47 Å². The Hall–Kier alpha value is -1.77. The molecule has 0 spiro atoms. The summed E-state index contributed by atoms with van der Waals surface area (Å²) in [6.45, 7) is 4.93. The van der Waals surface area contributed by atoms with Crippen LogP contribution in [0.5, 0.6) is 11.5 Å². The van der Waals surface area contributed by atoms with Crippen LogP contribution in [0, 0.1) is 6.92 Å². The molecule has 0 amide bonds. The summed E-state index contributed by atoms with van der Waals surface area (Å²) < 4.78 is 11.1. The van der Waals surface area contributed by atoms with Gasteiger partial charge in [0.05, 0.1) is 19.2 Å². The van der Waals surface area contributed by atoms with Crippen LogP contribution in [0.3, 0.4) is 0 Å². The fraction of sp³-hybridized carbons (Fsp3) is 0.400. The molecular formula is C15H19NO2. The van der Waals surface area contributed by atoms with Crippen LogP contribution in [0.25, 0.3) is 10.9 Å². The van der Waals surface area contributed by atoms with E-state index >= 15 is 0 Å². The average Bonchev–Trinajstić information content (AvgIpc) is 2.39. The SMILES string of the molecule is CCCCOc1cc2nccc(C)c2cc1OC. The minimum absolute atomic E-state index is 0.712. The van der Waals surface area contributed by atoms with Crippen molar-refractivity contribution < 1.29 is 9.47 Å².